The lowest BCUT2D eigenvalue weighted by Crippen LogP contribution is -2.10. The summed E-state index contributed by atoms with van der Waals surface area (Å²) >= 11 is 3.52. The number of para-hydroxylation sites is 1. The maximum atomic E-state index is 9.52. The first-order valence-electron chi connectivity index (χ1n) is 6.34. The second kappa shape index (κ2) is 7.31. The molecule has 2 rings (SSSR count). The van der Waals surface area contributed by atoms with Gasteiger partial charge in [-0.05, 0) is 30.2 Å². The number of aliphatic hydroxyl groups is 1. The van der Waals surface area contributed by atoms with Crippen LogP contribution in [0.3, 0.4) is 0 Å². The van der Waals surface area contributed by atoms with Gasteiger partial charge in [0.05, 0.1) is 13.2 Å². The third-order valence-electron chi connectivity index (χ3n) is 3.04. The number of aliphatic hydroxyl groups excluding tert-OH is 1. The molecular formula is C16H17BrO2. The molecule has 0 saturated carbocycles. The van der Waals surface area contributed by atoms with Crippen molar-refractivity contribution in [2.75, 3.05) is 13.2 Å². The third-order valence-corrected chi connectivity index (χ3v) is 3.77. The first kappa shape index (κ1) is 14.1. The van der Waals surface area contributed by atoms with E-state index in [4.69, 9.17) is 4.74 Å². The predicted molar refractivity (Wildman–Crippen MR) is 80.5 cm³/mol. The Bertz CT molecular complexity index is 499. The molecule has 0 aliphatic rings. The zero-order chi connectivity index (χ0) is 13.5. The Kier molecular flexibility index (Phi) is 5.43. The average Bonchev–Trinajstić information content (AvgIpc) is 2.46. The van der Waals surface area contributed by atoms with Gasteiger partial charge < -0.3 is 9.84 Å². The summed E-state index contributed by atoms with van der Waals surface area (Å²) in [5.41, 5.74) is 1.13. The third kappa shape index (κ3) is 4.08. The van der Waals surface area contributed by atoms with E-state index < -0.39 is 0 Å². The minimum Gasteiger partial charge on any atom is -0.494 e. The van der Waals surface area contributed by atoms with Crippen molar-refractivity contribution in [2.45, 2.75) is 12.3 Å². The van der Waals surface area contributed by atoms with Crippen LogP contribution in [0, 0.1) is 0 Å². The Morgan fingerprint density at radius 3 is 2.37 bits per heavy atom. The lowest BCUT2D eigenvalue weighted by molar-refractivity contribution is 0.229. The smallest absolute Gasteiger partial charge is 0.119 e. The van der Waals surface area contributed by atoms with Crippen LogP contribution in [0.4, 0.5) is 0 Å². The maximum absolute atomic E-state index is 9.52. The van der Waals surface area contributed by atoms with Crippen molar-refractivity contribution >= 4 is 15.9 Å². The van der Waals surface area contributed by atoms with E-state index in [1.165, 1.54) is 0 Å². The van der Waals surface area contributed by atoms with Gasteiger partial charge in [-0.3, -0.25) is 0 Å². The predicted octanol–water partition coefficient (Wildman–Crippen LogP) is 3.99. The molecule has 1 unspecified atom stereocenters. The monoisotopic (exact) mass is 320 g/mol. The standard InChI is InChI=1S/C16H17BrO2/c17-16-9-5-4-8-15(16)13(12-18)10-11-19-14-6-2-1-3-7-14/h1-9,13,18H,10-12H2. The van der Waals surface area contributed by atoms with Crippen LogP contribution in [0.2, 0.25) is 0 Å². The van der Waals surface area contributed by atoms with Gasteiger partial charge in [0.15, 0.2) is 0 Å². The minimum absolute atomic E-state index is 0.0966. The highest BCUT2D eigenvalue weighted by atomic mass is 79.9. The highest BCUT2D eigenvalue weighted by molar-refractivity contribution is 9.10. The van der Waals surface area contributed by atoms with Crippen molar-refractivity contribution in [3.8, 4) is 5.75 Å². The highest BCUT2D eigenvalue weighted by Gasteiger charge is 2.13. The minimum atomic E-state index is 0.0966. The van der Waals surface area contributed by atoms with Gasteiger partial charge in [0.25, 0.3) is 0 Å². The lowest BCUT2D eigenvalue weighted by Gasteiger charge is -2.16. The molecule has 0 spiro atoms. The summed E-state index contributed by atoms with van der Waals surface area (Å²) < 4.78 is 6.71. The molecule has 0 aliphatic carbocycles. The Balaban J connectivity index is 1.92. The van der Waals surface area contributed by atoms with Gasteiger partial charge >= 0.3 is 0 Å². The Morgan fingerprint density at radius 1 is 1.00 bits per heavy atom. The van der Waals surface area contributed by atoms with E-state index in [2.05, 4.69) is 15.9 Å². The first-order valence-corrected chi connectivity index (χ1v) is 7.13. The van der Waals surface area contributed by atoms with Crippen LogP contribution in [0.15, 0.2) is 59.1 Å². The van der Waals surface area contributed by atoms with E-state index in [0.717, 1.165) is 22.2 Å². The van der Waals surface area contributed by atoms with Crippen molar-refractivity contribution < 1.29 is 9.84 Å². The number of benzene rings is 2. The van der Waals surface area contributed by atoms with Gasteiger partial charge in [-0.15, -0.1) is 0 Å². The van der Waals surface area contributed by atoms with Crippen LogP contribution in [0.5, 0.6) is 5.75 Å². The molecule has 0 fully saturated rings. The van der Waals surface area contributed by atoms with Gasteiger partial charge in [0, 0.05) is 10.4 Å². The highest BCUT2D eigenvalue weighted by Crippen LogP contribution is 2.27. The van der Waals surface area contributed by atoms with Crippen LogP contribution in [0.1, 0.15) is 17.9 Å². The van der Waals surface area contributed by atoms with Crippen LogP contribution in [-0.4, -0.2) is 18.3 Å². The van der Waals surface area contributed by atoms with E-state index in [1.807, 2.05) is 54.6 Å². The summed E-state index contributed by atoms with van der Waals surface area (Å²) in [5.74, 6) is 0.964. The normalized spacial score (nSPS) is 12.1. The number of hydrogen-bond acceptors (Lipinski definition) is 2. The molecule has 0 aromatic heterocycles. The molecule has 0 heterocycles. The van der Waals surface area contributed by atoms with Gasteiger partial charge in [-0.25, -0.2) is 0 Å². The molecule has 3 heteroatoms. The largest absolute Gasteiger partial charge is 0.494 e. The molecule has 2 aromatic rings. The van der Waals surface area contributed by atoms with Crippen molar-refractivity contribution in [2.24, 2.45) is 0 Å². The molecule has 0 aliphatic heterocycles. The Labute approximate surface area is 122 Å². The van der Waals surface area contributed by atoms with Crippen LogP contribution in [0.25, 0.3) is 0 Å². The number of hydrogen-bond donors (Lipinski definition) is 1. The van der Waals surface area contributed by atoms with Gasteiger partial charge in [-0.1, -0.05) is 52.3 Å². The Morgan fingerprint density at radius 2 is 1.68 bits per heavy atom. The SMILES string of the molecule is OCC(CCOc1ccccc1)c1ccccc1Br. The first-order chi connectivity index (χ1) is 9.31. The van der Waals surface area contributed by atoms with Gasteiger partial charge in [0.1, 0.15) is 5.75 Å². The summed E-state index contributed by atoms with van der Waals surface area (Å²) in [6.07, 6.45) is 0.786. The second-order valence-electron chi connectivity index (χ2n) is 4.35. The van der Waals surface area contributed by atoms with Crippen molar-refractivity contribution in [1.82, 2.24) is 0 Å². The average molecular weight is 321 g/mol. The molecule has 1 N–H and O–H groups in total. The van der Waals surface area contributed by atoms with Crippen molar-refractivity contribution in [3.63, 3.8) is 0 Å². The van der Waals surface area contributed by atoms with Crippen LogP contribution >= 0.6 is 15.9 Å². The van der Waals surface area contributed by atoms with E-state index in [0.29, 0.717) is 6.61 Å². The van der Waals surface area contributed by atoms with E-state index >= 15 is 0 Å². The topological polar surface area (TPSA) is 29.5 Å². The fraction of sp³-hybridized carbons (Fsp3) is 0.250. The quantitative estimate of drug-likeness (QED) is 0.871. The molecule has 1 atom stereocenters. The number of ether oxygens (including phenoxy) is 1. The summed E-state index contributed by atoms with van der Waals surface area (Å²) in [6, 6.07) is 17.7. The lowest BCUT2D eigenvalue weighted by atomic mass is 9.97. The molecule has 0 bridgehead atoms. The summed E-state index contributed by atoms with van der Waals surface area (Å²) in [4.78, 5) is 0. The maximum Gasteiger partial charge on any atom is 0.119 e. The molecular weight excluding hydrogens is 304 g/mol. The molecule has 0 amide bonds. The Hall–Kier alpha value is -1.32. The number of rotatable bonds is 6. The van der Waals surface area contributed by atoms with Crippen LogP contribution in [-0.2, 0) is 0 Å². The fourth-order valence-electron chi connectivity index (χ4n) is 1.99. The van der Waals surface area contributed by atoms with Crippen LogP contribution < -0.4 is 4.74 Å². The van der Waals surface area contributed by atoms with E-state index in [9.17, 15) is 5.11 Å². The van der Waals surface area contributed by atoms with Gasteiger partial charge in [0.2, 0.25) is 0 Å². The molecule has 0 radical (unpaired) electrons. The van der Waals surface area contributed by atoms with Crippen molar-refractivity contribution in [3.05, 3.63) is 64.6 Å². The molecule has 0 saturated heterocycles. The second-order valence-corrected chi connectivity index (χ2v) is 5.21. The molecule has 19 heavy (non-hydrogen) atoms. The zero-order valence-electron chi connectivity index (χ0n) is 10.6. The van der Waals surface area contributed by atoms with E-state index in [1.54, 1.807) is 0 Å². The van der Waals surface area contributed by atoms with Gasteiger partial charge in [-0.2, -0.15) is 0 Å². The van der Waals surface area contributed by atoms with E-state index in [-0.39, 0.29) is 12.5 Å². The summed E-state index contributed by atoms with van der Waals surface area (Å²) in [5, 5.41) is 9.52. The zero-order valence-corrected chi connectivity index (χ0v) is 12.2. The number of halogens is 1. The molecule has 2 nitrogen and oxygen atoms in total. The molecule has 100 valence electrons. The summed E-state index contributed by atoms with van der Waals surface area (Å²) in [7, 11) is 0. The fourth-order valence-corrected chi connectivity index (χ4v) is 2.60. The van der Waals surface area contributed by atoms with Crippen molar-refractivity contribution in [1.29, 1.82) is 0 Å². The summed E-state index contributed by atoms with van der Waals surface area (Å²) in [6.45, 7) is 0.720. The molecule has 2 aromatic carbocycles.